The Kier molecular flexibility index (Phi) is 4.58. The zero-order valence-corrected chi connectivity index (χ0v) is 11.5. The Morgan fingerprint density at radius 3 is 3.00 bits per heavy atom. The van der Waals surface area contributed by atoms with E-state index in [1.165, 1.54) is 0 Å². The molecule has 4 nitrogen and oxygen atoms in total. The third-order valence-electron chi connectivity index (χ3n) is 3.16. The van der Waals surface area contributed by atoms with Crippen molar-refractivity contribution in [2.24, 2.45) is 5.73 Å². The molecule has 0 fully saturated rings. The van der Waals surface area contributed by atoms with Gasteiger partial charge in [0.15, 0.2) is 0 Å². The second-order valence-electron chi connectivity index (χ2n) is 4.72. The van der Waals surface area contributed by atoms with E-state index in [0.717, 1.165) is 41.7 Å². The average Bonchev–Trinajstić information content (AvgIpc) is 2.44. The summed E-state index contributed by atoms with van der Waals surface area (Å²) in [6.45, 7) is 2.89. The number of nitrogens with zero attached hydrogens (tertiary/aromatic N) is 1. The Morgan fingerprint density at radius 2 is 2.26 bits per heavy atom. The van der Waals surface area contributed by atoms with Crippen LogP contribution in [0.25, 0.3) is 10.9 Å². The molecule has 0 spiro atoms. The second kappa shape index (κ2) is 6.38. The van der Waals surface area contributed by atoms with Gasteiger partial charge in [0.1, 0.15) is 5.75 Å². The summed E-state index contributed by atoms with van der Waals surface area (Å²) in [6.07, 6.45) is 3.87. The first-order chi connectivity index (χ1) is 9.24. The molecule has 1 atom stereocenters. The molecule has 1 heterocycles. The van der Waals surface area contributed by atoms with Crippen molar-refractivity contribution >= 4 is 16.6 Å². The van der Waals surface area contributed by atoms with Gasteiger partial charge in [-0.15, -0.1) is 0 Å². The number of nitrogens with one attached hydrogen (secondary N) is 1. The summed E-state index contributed by atoms with van der Waals surface area (Å²) < 4.78 is 5.43. The fraction of sp³-hybridized carbons (Fsp3) is 0.400. The maximum atomic E-state index is 5.53. The first-order valence-electron chi connectivity index (χ1n) is 6.64. The Labute approximate surface area is 114 Å². The number of hydrogen-bond acceptors (Lipinski definition) is 4. The molecule has 0 aliphatic carbocycles. The summed E-state index contributed by atoms with van der Waals surface area (Å²) in [5, 5.41) is 4.50. The molecular formula is C15H21N3O. The maximum Gasteiger partial charge on any atom is 0.130 e. The van der Waals surface area contributed by atoms with Crippen LogP contribution in [0.1, 0.15) is 19.8 Å². The van der Waals surface area contributed by atoms with Crippen LogP contribution in [0.2, 0.25) is 0 Å². The van der Waals surface area contributed by atoms with Crippen LogP contribution in [0.3, 0.4) is 0 Å². The molecule has 0 amide bonds. The summed E-state index contributed by atoms with van der Waals surface area (Å²) in [5.41, 5.74) is 7.51. The van der Waals surface area contributed by atoms with E-state index in [1.807, 2.05) is 18.2 Å². The van der Waals surface area contributed by atoms with E-state index < -0.39 is 0 Å². The van der Waals surface area contributed by atoms with Gasteiger partial charge in [0.25, 0.3) is 0 Å². The van der Waals surface area contributed by atoms with Crippen molar-refractivity contribution in [1.29, 1.82) is 0 Å². The van der Waals surface area contributed by atoms with E-state index in [9.17, 15) is 0 Å². The van der Waals surface area contributed by atoms with Crippen LogP contribution < -0.4 is 15.8 Å². The molecule has 0 aliphatic heterocycles. The van der Waals surface area contributed by atoms with Gasteiger partial charge in [-0.1, -0.05) is 0 Å². The van der Waals surface area contributed by atoms with Gasteiger partial charge in [0.05, 0.1) is 12.6 Å². The first kappa shape index (κ1) is 13.6. The van der Waals surface area contributed by atoms with Gasteiger partial charge in [-0.3, -0.25) is 4.98 Å². The molecular weight excluding hydrogens is 238 g/mol. The third kappa shape index (κ3) is 3.35. The van der Waals surface area contributed by atoms with Gasteiger partial charge in [0, 0.05) is 29.4 Å². The van der Waals surface area contributed by atoms with Crippen LogP contribution in [0, 0.1) is 0 Å². The smallest absolute Gasteiger partial charge is 0.130 e. The average molecular weight is 259 g/mol. The van der Waals surface area contributed by atoms with Crippen LogP contribution in [-0.2, 0) is 0 Å². The SMILES string of the molecule is COc1cc(N[C@H](C)CCCN)cc2ncccc12. The minimum absolute atomic E-state index is 0.384. The molecule has 4 heteroatoms. The fourth-order valence-electron chi connectivity index (χ4n) is 2.18. The number of ether oxygens (including phenoxy) is 1. The van der Waals surface area contributed by atoms with Crippen molar-refractivity contribution in [2.75, 3.05) is 19.0 Å². The molecule has 3 N–H and O–H groups in total. The molecule has 0 saturated heterocycles. The normalized spacial score (nSPS) is 12.4. The molecule has 2 aromatic rings. The maximum absolute atomic E-state index is 5.53. The molecule has 1 aromatic carbocycles. The van der Waals surface area contributed by atoms with Gasteiger partial charge < -0.3 is 15.8 Å². The highest BCUT2D eigenvalue weighted by Crippen LogP contribution is 2.28. The predicted octanol–water partition coefficient (Wildman–Crippen LogP) is 2.78. The minimum atomic E-state index is 0.384. The number of methoxy groups -OCH3 is 1. The highest BCUT2D eigenvalue weighted by atomic mass is 16.5. The van der Waals surface area contributed by atoms with Crippen LogP contribution >= 0.6 is 0 Å². The Balaban J connectivity index is 2.24. The molecule has 0 saturated carbocycles. The van der Waals surface area contributed by atoms with Crippen LogP contribution in [0.4, 0.5) is 5.69 Å². The molecule has 2 rings (SSSR count). The lowest BCUT2D eigenvalue weighted by Crippen LogP contribution is -2.16. The lowest BCUT2D eigenvalue weighted by Gasteiger charge is -2.16. The molecule has 1 aromatic heterocycles. The quantitative estimate of drug-likeness (QED) is 0.837. The summed E-state index contributed by atoms with van der Waals surface area (Å²) >= 11 is 0. The zero-order chi connectivity index (χ0) is 13.7. The predicted molar refractivity (Wildman–Crippen MR) is 79.7 cm³/mol. The van der Waals surface area contributed by atoms with E-state index in [2.05, 4.69) is 23.3 Å². The second-order valence-corrected chi connectivity index (χ2v) is 4.72. The first-order valence-corrected chi connectivity index (χ1v) is 6.64. The van der Waals surface area contributed by atoms with Gasteiger partial charge in [0.2, 0.25) is 0 Å². The Bertz CT molecular complexity index is 542. The van der Waals surface area contributed by atoms with Gasteiger partial charge in [-0.05, 0) is 44.5 Å². The topological polar surface area (TPSA) is 60.2 Å². The Hall–Kier alpha value is -1.81. The van der Waals surface area contributed by atoms with E-state index in [1.54, 1.807) is 13.3 Å². The lowest BCUT2D eigenvalue weighted by atomic mass is 10.1. The van der Waals surface area contributed by atoms with Crippen molar-refractivity contribution in [3.8, 4) is 5.75 Å². The summed E-state index contributed by atoms with van der Waals surface area (Å²) in [4.78, 5) is 4.38. The largest absolute Gasteiger partial charge is 0.496 e. The van der Waals surface area contributed by atoms with Crippen molar-refractivity contribution in [1.82, 2.24) is 4.98 Å². The zero-order valence-electron chi connectivity index (χ0n) is 11.5. The van der Waals surface area contributed by atoms with E-state index >= 15 is 0 Å². The number of fused-ring (bicyclic) bond motifs is 1. The van der Waals surface area contributed by atoms with Crippen LogP contribution in [0.5, 0.6) is 5.75 Å². The molecule has 19 heavy (non-hydrogen) atoms. The molecule has 0 bridgehead atoms. The number of aromatic nitrogens is 1. The molecule has 0 aliphatic rings. The van der Waals surface area contributed by atoms with Crippen LogP contribution in [0.15, 0.2) is 30.5 Å². The Morgan fingerprint density at radius 1 is 1.42 bits per heavy atom. The van der Waals surface area contributed by atoms with Gasteiger partial charge in [-0.2, -0.15) is 0 Å². The highest BCUT2D eigenvalue weighted by molar-refractivity contribution is 5.88. The number of pyridine rings is 1. The monoisotopic (exact) mass is 259 g/mol. The summed E-state index contributed by atoms with van der Waals surface area (Å²) in [7, 11) is 1.68. The standard InChI is InChI=1S/C15H21N3O/c1-11(5-3-7-16)18-12-9-14-13(6-4-8-17-14)15(10-12)19-2/h4,6,8-11,18H,3,5,7,16H2,1-2H3/t11-/m1/s1. The molecule has 0 radical (unpaired) electrons. The summed E-state index contributed by atoms with van der Waals surface area (Å²) in [6, 6.07) is 8.39. The van der Waals surface area contributed by atoms with Crippen LogP contribution in [-0.4, -0.2) is 24.7 Å². The van der Waals surface area contributed by atoms with Crippen molar-refractivity contribution < 1.29 is 4.74 Å². The molecule has 0 unspecified atom stereocenters. The fourth-order valence-corrected chi connectivity index (χ4v) is 2.18. The van der Waals surface area contributed by atoms with Crippen molar-refractivity contribution in [3.63, 3.8) is 0 Å². The summed E-state index contributed by atoms with van der Waals surface area (Å²) in [5.74, 6) is 0.846. The minimum Gasteiger partial charge on any atom is -0.496 e. The van der Waals surface area contributed by atoms with E-state index in [0.29, 0.717) is 6.04 Å². The van der Waals surface area contributed by atoms with Crippen molar-refractivity contribution in [2.45, 2.75) is 25.8 Å². The van der Waals surface area contributed by atoms with Gasteiger partial charge in [-0.25, -0.2) is 0 Å². The number of anilines is 1. The van der Waals surface area contributed by atoms with Gasteiger partial charge >= 0.3 is 0 Å². The third-order valence-corrected chi connectivity index (χ3v) is 3.16. The lowest BCUT2D eigenvalue weighted by molar-refractivity contribution is 0.420. The van der Waals surface area contributed by atoms with E-state index in [-0.39, 0.29) is 0 Å². The number of rotatable bonds is 6. The number of hydrogen-bond donors (Lipinski definition) is 2. The van der Waals surface area contributed by atoms with Crippen molar-refractivity contribution in [3.05, 3.63) is 30.5 Å². The highest BCUT2D eigenvalue weighted by Gasteiger charge is 2.07. The number of nitrogens with two attached hydrogens (primary N) is 1. The number of benzene rings is 1. The molecule has 102 valence electrons. The van der Waals surface area contributed by atoms with E-state index in [4.69, 9.17) is 10.5 Å².